The fourth-order valence-electron chi connectivity index (χ4n) is 5.70. The van der Waals surface area contributed by atoms with Crippen LogP contribution in [-0.2, 0) is 9.59 Å². The SMILES string of the molecule is O=C1[C@H]2C[C@H]3[C@@H](C[C@H]2C(=O)N1c1ccc([N+](=O)[O-])cc1)[C@@]1(Cl)C(Cl)=C(Cl)[C@]3(Cl)C1(Cl)Cl. The van der Waals surface area contributed by atoms with Gasteiger partial charge in [-0.15, -0.1) is 23.2 Å². The Morgan fingerprint density at radius 3 is 1.68 bits per heavy atom. The number of hydrogen-bond acceptors (Lipinski definition) is 4. The first kappa shape index (κ1) is 22.1. The normalized spacial score (nSPS) is 40.4. The minimum Gasteiger partial charge on any atom is -0.274 e. The summed E-state index contributed by atoms with van der Waals surface area (Å²) < 4.78 is -1.71. The molecule has 0 N–H and O–H groups in total. The van der Waals surface area contributed by atoms with Crippen LogP contribution >= 0.6 is 69.6 Å². The number of alkyl halides is 4. The summed E-state index contributed by atoms with van der Waals surface area (Å²) in [7, 11) is 0. The molecule has 2 bridgehead atoms. The lowest BCUT2D eigenvalue weighted by molar-refractivity contribution is -0.384. The lowest BCUT2D eigenvalue weighted by Gasteiger charge is -2.42. The molecule has 31 heavy (non-hydrogen) atoms. The van der Waals surface area contributed by atoms with Crippen molar-refractivity contribution in [2.24, 2.45) is 23.7 Å². The third-order valence-corrected chi connectivity index (χ3v) is 11.5. The minimum atomic E-state index is -1.71. The third kappa shape index (κ3) is 2.39. The Morgan fingerprint density at radius 1 is 0.871 bits per heavy atom. The standard InChI is InChI=1S/C19H12Cl6N2O4/c20-13-14(21)18(23)12-6-10-9(5-11(12)17(13,22)19(18,24)25)15(28)26(16(10)29)7-1-3-8(4-2-7)27(30)31/h1-4,9-12H,5-6H2/t9-,10+,11-,12+,17-,18+. The molecule has 1 saturated heterocycles. The first-order valence-electron chi connectivity index (χ1n) is 9.33. The number of carbonyl (C=O) groups is 2. The number of imide groups is 1. The lowest BCUT2D eigenvalue weighted by Crippen LogP contribution is -2.44. The topological polar surface area (TPSA) is 80.5 Å². The van der Waals surface area contributed by atoms with E-state index in [4.69, 9.17) is 69.6 Å². The van der Waals surface area contributed by atoms with E-state index in [2.05, 4.69) is 0 Å². The number of non-ortho nitro benzene ring substituents is 1. The van der Waals surface area contributed by atoms with Crippen molar-refractivity contribution in [3.8, 4) is 0 Å². The maximum absolute atomic E-state index is 13.2. The van der Waals surface area contributed by atoms with E-state index in [0.29, 0.717) is 0 Å². The van der Waals surface area contributed by atoms with E-state index in [1.807, 2.05) is 0 Å². The van der Waals surface area contributed by atoms with Crippen molar-refractivity contribution in [2.45, 2.75) is 26.9 Å². The van der Waals surface area contributed by atoms with Crippen LogP contribution in [0.3, 0.4) is 0 Å². The molecule has 2 amide bonds. The minimum absolute atomic E-state index is 0.0690. The average molecular weight is 545 g/mol. The molecule has 0 unspecified atom stereocenters. The highest BCUT2D eigenvalue weighted by Gasteiger charge is 2.83. The molecule has 12 heteroatoms. The molecule has 1 heterocycles. The number of hydrogen-bond donors (Lipinski definition) is 0. The van der Waals surface area contributed by atoms with Crippen molar-refractivity contribution >= 4 is 92.8 Å². The lowest BCUT2D eigenvalue weighted by atomic mass is 9.65. The number of carbonyl (C=O) groups excluding carboxylic acids is 2. The molecule has 3 fully saturated rings. The molecular weight excluding hydrogens is 533 g/mol. The van der Waals surface area contributed by atoms with Crippen molar-refractivity contribution in [3.05, 3.63) is 44.4 Å². The molecular formula is C19H12Cl6N2O4. The van der Waals surface area contributed by atoms with Gasteiger partial charge in [0.25, 0.3) is 5.69 Å². The molecule has 0 radical (unpaired) electrons. The van der Waals surface area contributed by atoms with Crippen LogP contribution < -0.4 is 4.90 Å². The second-order valence-corrected chi connectivity index (χ2v) is 11.6. The van der Waals surface area contributed by atoms with Crippen molar-refractivity contribution in [1.82, 2.24) is 0 Å². The number of nitro benzene ring substituents is 1. The molecule has 2 saturated carbocycles. The van der Waals surface area contributed by atoms with Gasteiger partial charge in [0.2, 0.25) is 11.8 Å². The second-order valence-electron chi connectivity index (χ2n) is 8.31. The maximum atomic E-state index is 13.2. The van der Waals surface area contributed by atoms with Crippen LogP contribution in [0.5, 0.6) is 0 Å². The van der Waals surface area contributed by atoms with E-state index in [9.17, 15) is 19.7 Å². The highest BCUT2D eigenvalue weighted by atomic mass is 35.5. The molecule has 5 rings (SSSR count). The molecule has 1 aliphatic heterocycles. The van der Waals surface area contributed by atoms with Crippen molar-refractivity contribution in [3.63, 3.8) is 0 Å². The number of anilines is 1. The fraction of sp³-hybridized carbons (Fsp3) is 0.474. The predicted molar refractivity (Wildman–Crippen MR) is 119 cm³/mol. The summed E-state index contributed by atoms with van der Waals surface area (Å²) in [4.78, 5) is 34.9. The van der Waals surface area contributed by atoms with Crippen LogP contribution in [0.15, 0.2) is 34.3 Å². The number of rotatable bonds is 2. The van der Waals surface area contributed by atoms with Gasteiger partial charge in [-0.05, 0) is 36.8 Å². The molecule has 0 aromatic heterocycles. The van der Waals surface area contributed by atoms with Gasteiger partial charge in [-0.25, -0.2) is 0 Å². The van der Waals surface area contributed by atoms with Crippen LogP contribution in [0.1, 0.15) is 12.8 Å². The van der Waals surface area contributed by atoms with Crippen LogP contribution in [0.25, 0.3) is 0 Å². The summed E-state index contributed by atoms with van der Waals surface area (Å²) in [6.45, 7) is 0. The van der Waals surface area contributed by atoms with Crippen LogP contribution in [-0.4, -0.2) is 30.8 Å². The molecule has 6 nitrogen and oxygen atoms in total. The summed E-state index contributed by atoms with van der Waals surface area (Å²) in [6, 6.07) is 5.24. The van der Waals surface area contributed by atoms with E-state index in [1.165, 1.54) is 24.3 Å². The van der Waals surface area contributed by atoms with Crippen LogP contribution in [0.2, 0.25) is 0 Å². The quantitative estimate of drug-likeness (QED) is 0.211. The number of fused-ring (bicyclic) bond motifs is 6. The van der Waals surface area contributed by atoms with Crippen molar-refractivity contribution in [1.29, 1.82) is 0 Å². The Hall–Kier alpha value is -0.760. The Morgan fingerprint density at radius 2 is 1.29 bits per heavy atom. The third-order valence-electron chi connectivity index (χ3n) is 7.15. The van der Waals surface area contributed by atoms with Gasteiger partial charge in [0.15, 0.2) is 4.33 Å². The Kier molecular flexibility index (Phi) is 4.73. The number of benzene rings is 1. The number of halogens is 6. The molecule has 1 aromatic carbocycles. The summed E-state index contributed by atoms with van der Waals surface area (Å²) in [5.74, 6) is -3.07. The summed E-state index contributed by atoms with van der Waals surface area (Å²) >= 11 is 39.8. The van der Waals surface area contributed by atoms with Crippen molar-refractivity contribution in [2.75, 3.05) is 4.90 Å². The number of allylic oxidation sites excluding steroid dienone is 2. The first-order valence-corrected chi connectivity index (χ1v) is 11.6. The fourth-order valence-corrected chi connectivity index (χ4v) is 8.81. The molecule has 3 aliphatic carbocycles. The van der Waals surface area contributed by atoms with Gasteiger partial charge in [-0.3, -0.25) is 24.6 Å². The van der Waals surface area contributed by atoms with E-state index in [-0.39, 0.29) is 34.3 Å². The highest BCUT2D eigenvalue weighted by Crippen LogP contribution is 2.79. The summed E-state index contributed by atoms with van der Waals surface area (Å²) in [5, 5.41) is 11.0. The smallest absolute Gasteiger partial charge is 0.269 e. The molecule has 4 aliphatic rings. The Bertz CT molecular complexity index is 1040. The second kappa shape index (κ2) is 6.64. The van der Waals surface area contributed by atoms with E-state index in [1.54, 1.807) is 0 Å². The zero-order valence-electron chi connectivity index (χ0n) is 15.3. The summed E-state index contributed by atoms with van der Waals surface area (Å²) in [5.41, 5.74) is 0.123. The number of nitrogens with zero attached hydrogens (tertiary/aromatic N) is 2. The molecule has 1 aromatic rings. The zero-order valence-corrected chi connectivity index (χ0v) is 19.9. The van der Waals surface area contributed by atoms with Gasteiger partial charge < -0.3 is 0 Å². The highest BCUT2D eigenvalue weighted by molar-refractivity contribution is 6.65. The van der Waals surface area contributed by atoms with Gasteiger partial charge in [0.05, 0.1) is 32.5 Å². The predicted octanol–water partition coefficient (Wildman–Crippen LogP) is 5.57. The van der Waals surface area contributed by atoms with Gasteiger partial charge >= 0.3 is 0 Å². The van der Waals surface area contributed by atoms with Crippen LogP contribution in [0.4, 0.5) is 11.4 Å². The largest absolute Gasteiger partial charge is 0.274 e. The van der Waals surface area contributed by atoms with E-state index in [0.717, 1.165) is 4.90 Å². The Labute approximate surface area is 206 Å². The Balaban J connectivity index is 1.52. The number of nitro groups is 1. The maximum Gasteiger partial charge on any atom is 0.269 e. The van der Waals surface area contributed by atoms with Gasteiger partial charge in [-0.2, -0.15) is 0 Å². The van der Waals surface area contributed by atoms with Gasteiger partial charge in [-0.1, -0.05) is 46.4 Å². The average Bonchev–Trinajstić information content (AvgIpc) is 3.10. The van der Waals surface area contributed by atoms with Gasteiger partial charge in [0, 0.05) is 12.1 Å². The van der Waals surface area contributed by atoms with Crippen molar-refractivity contribution < 1.29 is 14.5 Å². The van der Waals surface area contributed by atoms with E-state index >= 15 is 0 Å². The molecule has 6 atom stereocenters. The first-order chi connectivity index (χ1) is 14.4. The van der Waals surface area contributed by atoms with E-state index < -0.39 is 54.5 Å². The monoisotopic (exact) mass is 542 g/mol. The number of amides is 2. The molecule has 0 spiro atoms. The van der Waals surface area contributed by atoms with Gasteiger partial charge in [0.1, 0.15) is 9.75 Å². The molecule has 164 valence electrons. The summed E-state index contributed by atoms with van der Waals surface area (Å²) in [6.07, 6.45) is 0.422. The van der Waals surface area contributed by atoms with Crippen LogP contribution in [0, 0.1) is 33.8 Å². The zero-order chi connectivity index (χ0) is 22.7.